The molecule has 7 nitrogen and oxygen atoms in total. The van der Waals surface area contributed by atoms with Crippen molar-refractivity contribution in [1.29, 1.82) is 0 Å². The lowest BCUT2D eigenvalue weighted by atomic mass is 9.93. The quantitative estimate of drug-likeness (QED) is 0.548. The second kappa shape index (κ2) is 7.70. The van der Waals surface area contributed by atoms with Crippen LogP contribution in [-0.4, -0.2) is 36.6 Å². The Hall–Kier alpha value is -3.27. The lowest BCUT2D eigenvalue weighted by molar-refractivity contribution is -0.120. The Balaban J connectivity index is 1.35. The minimum atomic E-state index is -1.11. The summed E-state index contributed by atoms with van der Waals surface area (Å²) in [5.74, 6) is -3.01. The first-order chi connectivity index (χ1) is 15.4. The first-order valence-electron chi connectivity index (χ1n) is 10.2. The Kier molecular flexibility index (Phi) is 4.96. The van der Waals surface area contributed by atoms with E-state index >= 15 is 0 Å². The maximum Gasteiger partial charge on any atom is 0.316 e. The zero-order valence-electron chi connectivity index (χ0n) is 17.1. The second-order valence-electron chi connectivity index (χ2n) is 8.00. The summed E-state index contributed by atoms with van der Waals surface area (Å²) in [6, 6.07) is 8.15. The Morgan fingerprint density at radius 2 is 1.97 bits per heavy atom. The number of aromatic nitrogens is 1. The molecule has 3 amide bonds. The third kappa shape index (κ3) is 3.54. The summed E-state index contributed by atoms with van der Waals surface area (Å²) in [5, 5.41) is 8.91. The van der Waals surface area contributed by atoms with Crippen molar-refractivity contribution in [1.82, 2.24) is 20.9 Å². The highest BCUT2D eigenvalue weighted by atomic mass is 32.1. The van der Waals surface area contributed by atoms with E-state index < -0.39 is 41.1 Å². The average Bonchev–Trinajstić information content (AvgIpc) is 3.26. The number of fused-ring (bicyclic) bond motifs is 1. The predicted octanol–water partition coefficient (Wildman–Crippen LogP) is 3.15. The van der Waals surface area contributed by atoms with E-state index in [1.165, 1.54) is 18.4 Å². The van der Waals surface area contributed by atoms with Crippen molar-refractivity contribution < 1.29 is 23.1 Å². The molecule has 1 saturated heterocycles. The molecule has 1 saturated carbocycles. The van der Waals surface area contributed by atoms with Gasteiger partial charge in [-0.3, -0.25) is 4.79 Å². The molecular formula is C22H20F2N4O3S. The Labute approximate surface area is 186 Å². The molecule has 1 aromatic heterocycles. The molecule has 2 aromatic carbocycles. The Morgan fingerprint density at radius 3 is 2.62 bits per heavy atom. The number of amides is 3. The van der Waals surface area contributed by atoms with E-state index in [1.54, 1.807) is 0 Å². The minimum Gasteiger partial charge on any atom is -0.497 e. The van der Waals surface area contributed by atoms with Crippen LogP contribution in [0.1, 0.15) is 29.3 Å². The van der Waals surface area contributed by atoms with Crippen LogP contribution < -0.4 is 20.7 Å². The van der Waals surface area contributed by atoms with Crippen LogP contribution in [0.15, 0.2) is 36.4 Å². The highest BCUT2D eigenvalue weighted by molar-refractivity contribution is 7.18. The summed E-state index contributed by atoms with van der Waals surface area (Å²) in [4.78, 5) is 29.8. The molecule has 3 N–H and O–H groups in total. The molecule has 0 bridgehead atoms. The number of carbonyl (C=O) groups is 2. The molecule has 2 atom stereocenters. The summed E-state index contributed by atoms with van der Waals surface area (Å²) in [6.45, 7) is 0.00691. The number of thiazole rings is 1. The topological polar surface area (TPSA) is 92.4 Å². The van der Waals surface area contributed by atoms with Crippen molar-refractivity contribution in [3.8, 4) is 5.75 Å². The Bertz CT molecular complexity index is 1170. The van der Waals surface area contributed by atoms with Crippen LogP contribution in [0.3, 0.4) is 0 Å². The molecule has 32 heavy (non-hydrogen) atoms. The molecule has 2 aliphatic rings. The fraction of sp³-hybridized carbons (Fsp3) is 0.318. The zero-order valence-corrected chi connectivity index (χ0v) is 17.9. The molecule has 0 spiro atoms. The van der Waals surface area contributed by atoms with Crippen molar-refractivity contribution in [2.24, 2.45) is 0 Å². The number of halogens is 2. The van der Waals surface area contributed by atoms with E-state index in [-0.39, 0.29) is 17.9 Å². The van der Waals surface area contributed by atoms with Gasteiger partial charge in [0.1, 0.15) is 28.4 Å². The van der Waals surface area contributed by atoms with Gasteiger partial charge in [0.2, 0.25) is 5.91 Å². The van der Waals surface area contributed by atoms with E-state index in [0.717, 1.165) is 40.2 Å². The predicted molar refractivity (Wildman–Crippen MR) is 115 cm³/mol. The van der Waals surface area contributed by atoms with Gasteiger partial charge >= 0.3 is 6.03 Å². The van der Waals surface area contributed by atoms with Crippen LogP contribution in [0.25, 0.3) is 10.2 Å². The van der Waals surface area contributed by atoms with Crippen LogP contribution in [0, 0.1) is 11.6 Å². The van der Waals surface area contributed by atoms with Gasteiger partial charge in [-0.05, 0) is 25.0 Å². The molecule has 2 heterocycles. The summed E-state index contributed by atoms with van der Waals surface area (Å²) in [7, 11) is 1.31. The molecule has 1 aliphatic heterocycles. The van der Waals surface area contributed by atoms with Gasteiger partial charge < -0.3 is 20.7 Å². The molecule has 5 rings (SSSR count). The smallest absolute Gasteiger partial charge is 0.316 e. The molecule has 166 valence electrons. The van der Waals surface area contributed by atoms with Crippen LogP contribution in [0.2, 0.25) is 0 Å². The number of hydrogen-bond donors (Lipinski definition) is 3. The third-order valence-corrected chi connectivity index (χ3v) is 7.17. The number of nitrogens with zero attached hydrogens (tertiary/aromatic N) is 1. The Morgan fingerprint density at radius 1 is 1.25 bits per heavy atom. The standard InChI is InChI=1S/C22H20F2N4O3S/c1-31-11-8-13(23)17(14(24)9-11)12-10-25-19(29)18(12)27-21(30)28-22(6-7-22)20-26-15-4-2-3-5-16(15)32-20/h2-5,8-9,12,18H,6-7,10H2,1H3,(H,25,29)(H2,27,28,30)/t12-,18-/m0/s1. The van der Waals surface area contributed by atoms with Gasteiger partial charge in [0.15, 0.2) is 0 Å². The molecular weight excluding hydrogens is 438 g/mol. The maximum atomic E-state index is 14.6. The van der Waals surface area contributed by atoms with Crippen molar-refractivity contribution >= 4 is 33.5 Å². The summed E-state index contributed by atoms with van der Waals surface area (Å²) < 4.78 is 35.1. The van der Waals surface area contributed by atoms with E-state index in [1.807, 2.05) is 24.3 Å². The van der Waals surface area contributed by atoms with E-state index in [9.17, 15) is 18.4 Å². The van der Waals surface area contributed by atoms with Crippen molar-refractivity contribution in [2.75, 3.05) is 13.7 Å². The summed E-state index contributed by atoms with van der Waals surface area (Å²) >= 11 is 1.51. The summed E-state index contributed by atoms with van der Waals surface area (Å²) in [5.41, 5.74) is 0.0121. The fourth-order valence-electron chi connectivity index (χ4n) is 4.08. The van der Waals surface area contributed by atoms with Gasteiger partial charge in [0.05, 0.1) is 22.9 Å². The molecule has 2 fully saturated rings. The van der Waals surface area contributed by atoms with Crippen molar-refractivity contribution in [3.63, 3.8) is 0 Å². The molecule has 0 radical (unpaired) electrons. The number of nitrogens with one attached hydrogen (secondary N) is 3. The molecule has 3 aromatic rings. The second-order valence-corrected chi connectivity index (χ2v) is 9.03. The monoisotopic (exact) mass is 458 g/mol. The number of para-hydroxylation sites is 1. The highest BCUT2D eigenvalue weighted by Crippen LogP contribution is 2.48. The fourth-order valence-corrected chi connectivity index (χ4v) is 5.25. The number of rotatable bonds is 5. The molecule has 1 aliphatic carbocycles. The van der Waals surface area contributed by atoms with Gasteiger partial charge in [-0.1, -0.05) is 12.1 Å². The number of methoxy groups -OCH3 is 1. The normalized spacial score (nSPS) is 21.3. The molecule has 0 unspecified atom stereocenters. The van der Waals surface area contributed by atoms with Gasteiger partial charge in [-0.2, -0.15) is 0 Å². The van der Waals surface area contributed by atoms with Gasteiger partial charge in [-0.25, -0.2) is 18.6 Å². The third-order valence-electron chi connectivity index (χ3n) is 5.93. The van der Waals surface area contributed by atoms with E-state index in [2.05, 4.69) is 20.9 Å². The summed E-state index contributed by atoms with van der Waals surface area (Å²) in [6.07, 6.45) is 1.45. The number of benzene rings is 2. The van der Waals surface area contributed by atoms with Gasteiger partial charge in [0, 0.05) is 30.2 Å². The van der Waals surface area contributed by atoms with Gasteiger partial charge in [-0.15, -0.1) is 11.3 Å². The maximum absolute atomic E-state index is 14.6. The van der Waals surface area contributed by atoms with E-state index in [4.69, 9.17) is 4.74 Å². The highest BCUT2D eigenvalue weighted by Gasteiger charge is 2.49. The number of ether oxygens (including phenoxy) is 1. The first kappa shape index (κ1) is 20.6. The van der Waals surface area contributed by atoms with Crippen LogP contribution in [-0.2, 0) is 10.3 Å². The van der Waals surface area contributed by atoms with E-state index in [0.29, 0.717) is 0 Å². The first-order valence-corrected chi connectivity index (χ1v) is 11.0. The van der Waals surface area contributed by atoms with Crippen LogP contribution in [0.4, 0.5) is 13.6 Å². The SMILES string of the molecule is COc1cc(F)c([C@@H]2CNC(=O)[C@H]2NC(=O)NC2(c3nc4ccccc4s3)CC2)c(F)c1. The van der Waals surface area contributed by atoms with Crippen molar-refractivity contribution in [3.05, 3.63) is 58.6 Å². The average molecular weight is 458 g/mol. The number of urea groups is 1. The van der Waals surface area contributed by atoms with Gasteiger partial charge in [0.25, 0.3) is 0 Å². The van der Waals surface area contributed by atoms with Crippen molar-refractivity contribution in [2.45, 2.75) is 30.3 Å². The minimum absolute atomic E-state index is 0.00691. The van der Waals surface area contributed by atoms with Crippen LogP contribution in [0.5, 0.6) is 5.75 Å². The lowest BCUT2D eigenvalue weighted by Crippen LogP contribution is -2.50. The molecule has 10 heteroatoms. The number of carbonyl (C=O) groups excluding carboxylic acids is 2. The largest absolute Gasteiger partial charge is 0.497 e. The van der Waals surface area contributed by atoms with Crippen LogP contribution >= 0.6 is 11.3 Å². The lowest BCUT2D eigenvalue weighted by Gasteiger charge is -2.22. The number of hydrogen-bond acceptors (Lipinski definition) is 5. The zero-order chi connectivity index (χ0) is 22.5.